The third kappa shape index (κ3) is 2.97. The highest BCUT2D eigenvalue weighted by atomic mass is 16.5. The third-order valence-electron chi connectivity index (χ3n) is 2.07. The standard InChI is InChI=1S/C10H17N3O/c1-8(14-2)7-13-10-9(6-11)4-3-5-12-10/h3-5,8H,6-7,11H2,1-2H3,(H,12,13). The van der Waals surface area contributed by atoms with Crippen molar-refractivity contribution in [1.82, 2.24) is 4.98 Å². The molecule has 1 aromatic rings. The molecule has 14 heavy (non-hydrogen) atoms. The van der Waals surface area contributed by atoms with Crippen molar-refractivity contribution in [2.24, 2.45) is 5.73 Å². The van der Waals surface area contributed by atoms with Gasteiger partial charge in [-0.25, -0.2) is 4.98 Å². The molecule has 1 rings (SSSR count). The molecule has 0 aliphatic heterocycles. The van der Waals surface area contributed by atoms with Crippen molar-refractivity contribution in [3.8, 4) is 0 Å². The number of nitrogens with zero attached hydrogens (tertiary/aromatic N) is 1. The summed E-state index contributed by atoms with van der Waals surface area (Å²) in [6.45, 7) is 3.23. The molecule has 0 fully saturated rings. The lowest BCUT2D eigenvalue weighted by molar-refractivity contribution is 0.128. The summed E-state index contributed by atoms with van der Waals surface area (Å²) in [6, 6.07) is 3.85. The fraction of sp³-hybridized carbons (Fsp3) is 0.500. The summed E-state index contributed by atoms with van der Waals surface area (Å²) in [5.41, 5.74) is 6.60. The fourth-order valence-corrected chi connectivity index (χ4v) is 1.09. The normalized spacial score (nSPS) is 12.5. The number of methoxy groups -OCH3 is 1. The molecule has 0 bridgehead atoms. The molecule has 1 heterocycles. The molecule has 0 radical (unpaired) electrons. The van der Waals surface area contributed by atoms with Crippen LogP contribution < -0.4 is 11.1 Å². The molecule has 1 atom stereocenters. The summed E-state index contributed by atoms with van der Waals surface area (Å²) < 4.78 is 5.12. The van der Waals surface area contributed by atoms with Gasteiger partial charge >= 0.3 is 0 Å². The van der Waals surface area contributed by atoms with Gasteiger partial charge in [0.05, 0.1) is 6.10 Å². The van der Waals surface area contributed by atoms with E-state index in [2.05, 4.69) is 10.3 Å². The first-order valence-corrected chi connectivity index (χ1v) is 4.68. The molecule has 3 N–H and O–H groups in total. The van der Waals surface area contributed by atoms with Gasteiger partial charge in [0, 0.05) is 32.0 Å². The number of ether oxygens (including phenoxy) is 1. The highest BCUT2D eigenvalue weighted by molar-refractivity contribution is 5.43. The molecule has 0 saturated heterocycles. The van der Waals surface area contributed by atoms with Crippen molar-refractivity contribution < 1.29 is 4.74 Å². The Kier molecular flexibility index (Phi) is 4.35. The number of nitrogens with one attached hydrogen (secondary N) is 1. The summed E-state index contributed by atoms with van der Waals surface area (Å²) in [5, 5.41) is 3.20. The van der Waals surface area contributed by atoms with Crippen LogP contribution in [0.1, 0.15) is 12.5 Å². The Hall–Kier alpha value is -1.13. The van der Waals surface area contributed by atoms with Crippen LogP contribution in [0.5, 0.6) is 0 Å². The van der Waals surface area contributed by atoms with Gasteiger partial charge in [0.15, 0.2) is 0 Å². The van der Waals surface area contributed by atoms with E-state index in [1.54, 1.807) is 13.3 Å². The van der Waals surface area contributed by atoms with Gasteiger partial charge < -0.3 is 15.8 Å². The molecule has 4 heteroatoms. The first kappa shape index (κ1) is 10.9. The van der Waals surface area contributed by atoms with E-state index in [4.69, 9.17) is 10.5 Å². The molecule has 0 spiro atoms. The van der Waals surface area contributed by atoms with Crippen LogP contribution in [0.3, 0.4) is 0 Å². The van der Waals surface area contributed by atoms with E-state index in [9.17, 15) is 0 Å². The Morgan fingerprint density at radius 1 is 1.64 bits per heavy atom. The van der Waals surface area contributed by atoms with Crippen molar-refractivity contribution in [1.29, 1.82) is 0 Å². The fourth-order valence-electron chi connectivity index (χ4n) is 1.09. The molecule has 1 unspecified atom stereocenters. The molecule has 0 saturated carbocycles. The second-order valence-electron chi connectivity index (χ2n) is 3.14. The monoisotopic (exact) mass is 195 g/mol. The average Bonchev–Trinajstić information content (AvgIpc) is 2.26. The van der Waals surface area contributed by atoms with Crippen LogP contribution in [0, 0.1) is 0 Å². The Morgan fingerprint density at radius 2 is 2.43 bits per heavy atom. The summed E-state index contributed by atoms with van der Waals surface area (Å²) >= 11 is 0. The molecule has 0 aliphatic rings. The van der Waals surface area contributed by atoms with E-state index in [0.29, 0.717) is 6.54 Å². The first-order chi connectivity index (χ1) is 6.77. The van der Waals surface area contributed by atoms with Crippen LogP contribution in [0.2, 0.25) is 0 Å². The number of aromatic nitrogens is 1. The zero-order chi connectivity index (χ0) is 10.4. The number of rotatable bonds is 5. The van der Waals surface area contributed by atoms with E-state index >= 15 is 0 Å². The van der Waals surface area contributed by atoms with Gasteiger partial charge in [-0.3, -0.25) is 0 Å². The number of hydrogen-bond acceptors (Lipinski definition) is 4. The van der Waals surface area contributed by atoms with E-state index in [0.717, 1.165) is 17.9 Å². The van der Waals surface area contributed by atoms with Crippen LogP contribution in [-0.2, 0) is 11.3 Å². The molecular formula is C10H17N3O. The molecule has 0 amide bonds. The summed E-state index contributed by atoms with van der Waals surface area (Å²) in [5.74, 6) is 0.846. The number of hydrogen-bond donors (Lipinski definition) is 2. The minimum Gasteiger partial charge on any atom is -0.380 e. The van der Waals surface area contributed by atoms with Crippen molar-refractivity contribution in [2.45, 2.75) is 19.6 Å². The zero-order valence-electron chi connectivity index (χ0n) is 8.66. The lowest BCUT2D eigenvalue weighted by atomic mass is 10.2. The second kappa shape index (κ2) is 5.57. The molecule has 0 aromatic carbocycles. The molecule has 78 valence electrons. The maximum Gasteiger partial charge on any atom is 0.130 e. The highest BCUT2D eigenvalue weighted by Gasteiger charge is 2.03. The second-order valence-corrected chi connectivity index (χ2v) is 3.14. The van der Waals surface area contributed by atoms with Gasteiger partial charge in [-0.05, 0) is 13.0 Å². The van der Waals surface area contributed by atoms with Crippen molar-refractivity contribution in [3.63, 3.8) is 0 Å². The Morgan fingerprint density at radius 3 is 3.07 bits per heavy atom. The SMILES string of the molecule is COC(C)CNc1ncccc1CN. The zero-order valence-corrected chi connectivity index (χ0v) is 8.66. The number of nitrogens with two attached hydrogens (primary N) is 1. The van der Waals surface area contributed by atoms with Gasteiger partial charge in [0.25, 0.3) is 0 Å². The molecular weight excluding hydrogens is 178 g/mol. The molecule has 1 aromatic heterocycles. The first-order valence-electron chi connectivity index (χ1n) is 4.68. The Bertz CT molecular complexity index is 278. The van der Waals surface area contributed by atoms with Crippen LogP contribution in [0.15, 0.2) is 18.3 Å². The maximum absolute atomic E-state index is 5.58. The molecule has 0 aliphatic carbocycles. The van der Waals surface area contributed by atoms with Gasteiger partial charge in [-0.15, -0.1) is 0 Å². The average molecular weight is 195 g/mol. The lowest BCUT2D eigenvalue weighted by Crippen LogP contribution is -2.19. The van der Waals surface area contributed by atoms with Crippen molar-refractivity contribution in [3.05, 3.63) is 23.9 Å². The highest BCUT2D eigenvalue weighted by Crippen LogP contribution is 2.10. The topological polar surface area (TPSA) is 60.2 Å². The van der Waals surface area contributed by atoms with Gasteiger partial charge in [-0.1, -0.05) is 6.07 Å². The van der Waals surface area contributed by atoms with Crippen LogP contribution in [-0.4, -0.2) is 24.7 Å². The van der Waals surface area contributed by atoms with E-state index in [-0.39, 0.29) is 6.10 Å². The molecule has 4 nitrogen and oxygen atoms in total. The quantitative estimate of drug-likeness (QED) is 0.735. The predicted octanol–water partition coefficient (Wildman–Crippen LogP) is 0.987. The van der Waals surface area contributed by atoms with Gasteiger partial charge in [0.2, 0.25) is 0 Å². The smallest absolute Gasteiger partial charge is 0.130 e. The van der Waals surface area contributed by atoms with Crippen LogP contribution >= 0.6 is 0 Å². The maximum atomic E-state index is 5.58. The van der Waals surface area contributed by atoms with Gasteiger partial charge in [0.1, 0.15) is 5.82 Å². The van der Waals surface area contributed by atoms with E-state index in [1.165, 1.54) is 0 Å². The van der Waals surface area contributed by atoms with Crippen LogP contribution in [0.4, 0.5) is 5.82 Å². The lowest BCUT2D eigenvalue weighted by Gasteiger charge is -2.13. The predicted molar refractivity (Wildman–Crippen MR) is 57.1 cm³/mol. The summed E-state index contributed by atoms with van der Waals surface area (Å²) in [4.78, 5) is 4.21. The Balaban J connectivity index is 2.57. The Labute approximate surface area is 84.5 Å². The minimum atomic E-state index is 0.169. The summed E-state index contributed by atoms with van der Waals surface area (Å²) in [6.07, 6.45) is 1.92. The summed E-state index contributed by atoms with van der Waals surface area (Å²) in [7, 11) is 1.69. The minimum absolute atomic E-state index is 0.169. The number of pyridine rings is 1. The number of anilines is 1. The van der Waals surface area contributed by atoms with Crippen LogP contribution in [0.25, 0.3) is 0 Å². The third-order valence-corrected chi connectivity index (χ3v) is 2.07. The largest absolute Gasteiger partial charge is 0.380 e. The van der Waals surface area contributed by atoms with E-state index < -0.39 is 0 Å². The van der Waals surface area contributed by atoms with Crippen molar-refractivity contribution >= 4 is 5.82 Å². The van der Waals surface area contributed by atoms with E-state index in [1.807, 2.05) is 19.1 Å². The van der Waals surface area contributed by atoms with Gasteiger partial charge in [-0.2, -0.15) is 0 Å². The van der Waals surface area contributed by atoms with Crippen molar-refractivity contribution in [2.75, 3.05) is 19.0 Å².